The number of anilines is 2. The zero-order valence-corrected chi connectivity index (χ0v) is 23.4. The second-order valence-corrected chi connectivity index (χ2v) is 9.71. The van der Waals surface area contributed by atoms with Gasteiger partial charge in [0.2, 0.25) is 0 Å². The fraction of sp³-hybridized carbons (Fsp3) is 0.111. The molecule has 12 heteroatoms. The molecule has 0 unspecified atom stereocenters. The van der Waals surface area contributed by atoms with E-state index in [-0.39, 0.29) is 17.9 Å². The summed E-state index contributed by atoms with van der Waals surface area (Å²) in [6.45, 7) is 2.01. The highest BCUT2D eigenvalue weighted by atomic mass is 79.9. The summed E-state index contributed by atoms with van der Waals surface area (Å²) in [6.07, 6.45) is 1.36. The average molecular weight is 633 g/mol. The van der Waals surface area contributed by atoms with E-state index in [2.05, 4.69) is 26.6 Å². The number of hydrogen-bond acceptors (Lipinski definition) is 6. The number of amides is 5. The van der Waals surface area contributed by atoms with Crippen LogP contribution < -0.4 is 25.0 Å². The first-order valence-corrected chi connectivity index (χ1v) is 13.0. The lowest BCUT2D eigenvalue weighted by Gasteiger charge is -2.26. The smallest absolute Gasteiger partial charge is 0.335 e. The van der Waals surface area contributed by atoms with Crippen LogP contribution in [0, 0.1) is 0 Å². The highest BCUT2D eigenvalue weighted by molar-refractivity contribution is 9.10. The third-order valence-corrected chi connectivity index (χ3v) is 6.70. The Bertz CT molecular complexity index is 1490. The molecule has 200 valence electrons. The summed E-state index contributed by atoms with van der Waals surface area (Å²) in [7, 11) is 0. The van der Waals surface area contributed by atoms with Gasteiger partial charge in [-0.05, 0) is 89.1 Å². The quantitative estimate of drug-likeness (QED) is 0.238. The van der Waals surface area contributed by atoms with E-state index in [4.69, 9.17) is 32.7 Å². The number of rotatable bonds is 8. The van der Waals surface area contributed by atoms with Crippen molar-refractivity contribution in [1.29, 1.82) is 0 Å². The van der Waals surface area contributed by atoms with Crippen LogP contribution >= 0.6 is 39.1 Å². The van der Waals surface area contributed by atoms with Crippen molar-refractivity contribution in [3.05, 3.63) is 86.3 Å². The third kappa shape index (κ3) is 6.78. The molecule has 1 saturated heterocycles. The maximum absolute atomic E-state index is 13.1. The fourth-order valence-corrected chi connectivity index (χ4v) is 4.36. The summed E-state index contributed by atoms with van der Waals surface area (Å²) in [4.78, 5) is 51.2. The van der Waals surface area contributed by atoms with Crippen LogP contribution in [-0.2, 0) is 14.4 Å². The van der Waals surface area contributed by atoms with Crippen LogP contribution in [0.5, 0.6) is 11.5 Å². The molecule has 5 amide bonds. The third-order valence-electron chi connectivity index (χ3n) is 5.34. The van der Waals surface area contributed by atoms with Crippen LogP contribution in [0.3, 0.4) is 0 Å². The minimum absolute atomic E-state index is 0.231. The molecule has 0 spiro atoms. The Morgan fingerprint density at radius 1 is 1.00 bits per heavy atom. The molecule has 4 rings (SSSR count). The Balaban J connectivity index is 1.46. The SMILES string of the molecule is CCOc1ccc(N2C(=O)NC(=O)/C(=C\c3ccc(OCC(=O)Nc4ccc(Cl)c(Cl)c4)c(Br)c3)C2=O)cc1. The lowest BCUT2D eigenvalue weighted by molar-refractivity contribution is -0.122. The normalized spacial score (nSPS) is 14.3. The molecule has 1 aliphatic rings. The summed E-state index contributed by atoms with van der Waals surface area (Å²) in [5.74, 6) is -1.08. The molecule has 2 N–H and O–H groups in total. The van der Waals surface area contributed by atoms with Gasteiger partial charge in [-0.3, -0.25) is 19.7 Å². The van der Waals surface area contributed by atoms with E-state index in [1.54, 1.807) is 54.6 Å². The number of imide groups is 2. The number of ether oxygens (including phenoxy) is 2. The van der Waals surface area contributed by atoms with Gasteiger partial charge in [-0.15, -0.1) is 0 Å². The van der Waals surface area contributed by atoms with E-state index < -0.39 is 23.8 Å². The van der Waals surface area contributed by atoms with Gasteiger partial charge in [0.05, 0.1) is 26.8 Å². The number of barbiturate groups is 1. The van der Waals surface area contributed by atoms with E-state index in [1.807, 2.05) is 6.92 Å². The van der Waals surface area contributed by atoms with Gasteiger partial charge in [-0.25, -0.2) is 9.69 Å². The molecule has 3 aromatic carbocycles. The monoisotopic (exact) mass is 631 g/mol. The lowest BCUT2D eigenvalue weighted by atomic mass is 10.1. The minimum atomic E-state index is -0.851. The first-order valence-electron chi connectivity index (χ1n) is 11.5. The second-order valence-electron chi connectivity index (χ2n) is 8.04. The van der Waals surface area contributed by atoms with Gasteiger partial charge in [0, 0.05) is 5.69 Å². The van der Waals surface area contributed by atoms with Crippen LogP contribution in [0.25, 0.3) is 6.08 Å². The summed E-state index contributed by atoms with van der Waals surface area (Å²) in [6, 6.07) is 15.0. The van der Waals surface area contributed by atoms with Crippen LogP contribution in [0.15, 0.2) is 70.7 Å². The van der Waals surface area contributed by atoms with Crippen molar-refractivity contribution in [3.63, 3.8) is 0 Å². The van der Waals surface area contributed by atoms with Gasteiger partial charge in [-0.2, -0.15) is 0 Å². The molecule has 0 radical (unpaired) electrons. The zero-order chi connectivity index (χ0) is 28.1. The van der Waals surface area contributed by atoms with E-state index in [0.29, 0.717) is 43.9 Å². The van der Waals surface area contributed by atoms with Gasteiger partial charge in [0.15, 0.2) is 6.61 Å². The number of carbonyl (C=O) groups excluding carboxylic acids is 4. The number of urea groups is 1. The van der Waals surface area contributed by atoms with Crippen molar-refractivity contribution >= 4 is 80.3 Å². The van der Waals surface area contributed by atoms with Crippen molar-refractivity contribution in [2.75, 3.05) is 23.4 Å². The van der Waals surface area contributed by atoms with Crippen LogP contribution in [0.1, 0.15) is 12.5 Å². The Kier molecular flexibility index (Phi) is 8.90. The topological polar surface area (TPSA) is 114 Å². The molecule has 9 nitrogen and oxygen atoms in total. The Labute approximate surface area is 241 Å². The number of carbonyl (C=O) groups is 4. The number of nitrogens with one attached hydrogen (secondary N) is 2. The summed E-state index contributed by atoms with van der Waals surface area (Å²) < 4.78 is 11.4. The van der Waals surface area contributed by atoms with Crippen molar-refractivity contribution in [2.45, 2.75) is 6.92 Å². The lowest BCUT2D eigenvalue weighted by Crippen LogP contribution is -2.54. The molecule has 0 aliphatic carbocycles. The van der Waals surface area contributed by atoms with Crippen LogP contribution in [0.4, 0.5) is 16.2 Å². The van der Waals surface area contributed by atoms with E-state index in [1.165, 1.54) is 12.1 Å². The summed E-state index contributed by atoms with van der Waals surface area (Å²) in [5, 5.41) is 5.51. The molecule has 0 saturated carbocycles. The largest absolute Gasteiger partial charge is 0.494 e. The van der Waals surface area contributed by atoms with Crippen LogP contribution in [0.2, 0.25) is 10.0 Å². The molecule has 3 aromatic rings. The first-order chi connectivity index (χ1) is 18.7. The molecular formula is C27H20BrCl2N3O6. The fourth-order valence-electron chi connectivity index (χ4n) is 3.55. The summed E-state index contributed by atoms with van der Waals surface area (Å²) >= 11 is 15.2. The number of benzene rings is 3. The molecule has 1 aliphatic heterocycles. The Morgan fingerprint density at radius 3 is 2.41 bits per heavy atom. The van der Waals surface area contributed by atoms with Crippen molar-refractivity contribution < 1.29 is 28.7 Å². The second kappa shape index (κ2) is 12.3. The first kappa shape index (κ1) is 28.2. The van der Waals surface area contributed by atoms with E-state index >= 15 is 0 Å². The maximum Gasteiger partial charge on any atom is 0.335 e. The standard InChI is InChI=1S/C27H20BrCl2N3O6/c1-2-38-18-7-5-17(6-8-18)33-26(36)19(25(35)32-27(33)37)11-15-3-10-23(20(28)12-15)39-14-24(34)31-16-4-9-21(29)22(30)13-16/h3-13H,2,14H2,1H3,(H,31,34)(H,32,35,37)/b19-11+. The maximum atomic E-state index is 13.1. The van der Waals surface area contributed by atoms with Gasteiger partial charge >= 0.3 is 6.03 Å². The van der Waals surface area contributed by atoms with Crippen LogP contribution in [-0.4, -0.2) is 37.0 Å². The number of hydrogen-bond donors (Lipinski definition) is 2. The molecule has 1 heterocycles. The van der Waals surface area contributed by atoms with Gasteiger partial charge in [0.1, 0.15) is 17.1 Å². The average Bonchev–Trinajstić information content (AvgIpc) is 2.89. The van der Waals surface area contributed by atoms with E-state index in [9.17, 15) is 19.2 Å². The predicted molar refractivity (Wildman–Crippen MR) is 151 cm³/mol. The van der Waals surface area contributed by atoms with Crippen molar-refractivity contribution in [1.82, 2.24) is 5.32 Å². The Hall–Kier alpha value is -3.86. The zero-order valence-electron chi connectivity index (χ0n) is 20.3. The highest BCUT2D eigenvalue weighted by Gasteiger charge is 2.36. The minimum Gasteiger partial charge on any atom is -0.494 e. The summed E-state index contributed by atoms with van der Waals surface area (Å²) in [5.41, 5.74) is 0.995. The molecule has 39 heavy (non-hydrogen) atoms. The molecular weight excluding hydrogens is 613 g/mol. The van der Waals surface area contributed by atoms with E-state index in [0.717, 1.165) is 4.90 Å². The van der Waals surface area contributed by atoms with Crippen molar-refractivity contribution in [2.24, 2.45) is 0 Å². The highest BCUT2D eigenvalue weighted by Crippen LogP contribution is 2.29. The molecule has 0 atom stereocenters. The van der Waals surface area contributed by atoms with Gasteiger partial charge < -0.3 is 14.8 Å². The van der Waals surface area contributed by atoms with Gasteiger partial charge in [-0.1, -0.05) is 29.3 Å². The molecule has 0 aromatic heterocycles. The van der Waals surface area contributed by atoms with Crippen molar-refractivity contribution in [3.8, 4) is 11.5 Å². The molecule has 1 fully saturated rings. The number of nitrogens with zero attached hydrogens (tertiary/aromatic N) is 1. The Morgan fingerprint density at radius 2 is 1.74 bits per heavy atom. The van der Waals surface area contributed by atoms with Gasteiger partial charge in [0.25, 0.3) is 17.7 Å². The number of halogens is 3. The predicted octanol–water partition coefficient (Wildman–Crippen LogP) is 5.84. The molecule has 0 bridgehead atoms.